The Balaban J connectivity index is 1.34. The molecule has 1 atom stereocenters. The van der Waals surface area contributed by atoms with Crippen molar-refractivity contribution in [3.8, 4) is 17.2 Å². The zero-order valence-corrected chi connectivity index (χ0v) is 24.5. The highest BCUT2D eigenvalue weighted by Gasteiger charge is 2.43. The number of fused-ring (bicyclic) bond motifs is 1. The minimum absolute atomic E-state index is 0.143. The molecule has 1 saturated carbocycles. The van der Waals surface area contributed by atoms with Gasteiger partial charge >= 0.3 is 11.9 Å². The minimum atomic E-state index is -0.766. The Morgan fingerprint density at radius 1 is 1.05 bits per heavy atom. The lowest BCUT2D eigenvalue weighted by Crippen LogP contribution is -2.46. The molecule has 4 aromatic rings. The number of nitrogens with one attached hydrogen (secondary N) is 1. The summed E-state index contributed by atoms with van der Waals surface area (Å²) in [6.07, 6.45) is 4.91. The van der Waals surface area contributed by atoms with Gasteiger partial charge in [0, 0.05) is 25.0 Å². The number of anilines is 2. The van der Waals surface area contributed by atoms with Gasteiger partial charge in [0.05, 0.1) is 29.5 Å². The van der Waals surface area contributed by atoms with Gasteiger partial charge < -0.3 is 23.8 Å². The summed E-state index contributed by atoms with van der Waals surface area (Å²) in [6, 6.07) is 15.4. The van der Waals surface area contributed by atoms with Crippen LogP contribution in [0.1, 0.15) is 61.0 Å². The van der Waals surface area contributed by atoms with Crippen LogP contribution in [0.3, 0.4) is 0 Å². The maximum Gasteiger partial charge on any atom is 0.340 e. The van der Waals surface area contributed by atoms with Crippen molar-refractivity contribution in [2.75, 3.05) is 23.2 Å². The molecular weight excluding hydrogens is 550 g/mol. The van der Waals surface area contributed by atoms with Crippen molar-refractivity contribution >= 4 is 23.3 Å². The van der Waals surface area contributed by atoms with Gasteiger partial charge in [0.25, 0.3) is 0 Å². The number of nitrogens with zero attached hydrogens (tertiary/aromatic N) is 6. The van der Waals surface area contributed by atoms with Crippen LogP contribution in [-0.2, 0) is 25.7 Å². The number of H-pyrrole nitrogens is 1. The normalized spacial score (nSPS) is 16.5. The molecule has 2 aromatic heterocycles. The predicted octanol–water partition coefficient (Wildman–Crippen LogP) is 4.94. The molecule has 12 heteroatoms. The van der Waals surface area contributed by atoms with Crippen LogP contribution >= 0.6 is 0 Å². The summed E-state index contributed by atoms with van der Waals surface area (Å²) in [6.45, 7) is 6.67. The molecule has 6 rings (SSSR count). The van der Waals surface area contributed by atoms with Crippen LogP contribution in [0.5, 0.6) is 0 Å². The second-order valence-electron chi connectivity index (χ2n) is 10.7. The zero-order valence-electron chi connectivity index (χ0n) is 24.5. The van der Waals surface area contributed by atoms with E-state index in [-0.39, 0.29) is 18.5 Å². The summed E-state index contributed by atoms with van der Waals surface area (Å²) < 4.78 is 13.6. The van der Waals surface area contributed by atoms with Crippen LogP contribution in [-0.4, -0.2) is 56.7 Å². The lowest BCUT2D eigenvalue weighted by atomic mass is 10.1. The van der Waals surface area contributed by atoms with Crippen LogP contribution < -0.4 is 9.96 Å². The van der Waals surface area contributed by atoms with Gasteiger partial charge in [0.15, 0.2) is 5.82 Å². The molecule has 12 nitrogen and oxygen atoms in total. The van der Waals surface area contributed by atoms with Gasteiger partial charge in [0.1, 0.15) is 5.69 Å². The SMILES string of the molecule is CCOC(=O)c1cccc2c1N(Cc1ccc(-n3cc(C)cc3-c3nnn[nH]3)cc1)C(OCC)N2OC(=O)C1CCCC1. The van der Waals surface area contributed by atoms with E-state index in [4.69, 9.17) is 14.3 Å². The number of hydroxylamine groups is 1. The van der Waals surface area contributed by atoms with Gasteiger partial charge in [-0.05, 0) is 85.5 Å². The maximum absolute atomic E-state index is 13.2. The number of ether oxygens (including phenoxy) is 2. The fourth-order valence-corrected chi connectivity index (χ4v) is 5.85. The fourth-order valence-electron chi connectivity index (χ4n) is 5.85. The number of benzene rings is 2. The standard InChI is InChI=1S/C31H35N7O5/c1-4-41-30(40)24-11-8-12-25-27(24)37(31(42-5-2)38(25)43-29(39)22-9-6-7-10-22)19-21-13-15-23(16-14-21)36-18-20(3)17-26(36)28-32-34-35-33-28/h8,11-18,22,31H,4-7,9-10,19H2,1-3H3,(H,32,33,34,35). The van der Waals surface area contributed by atoms with Gasteiger partial charge in [-0.2, -0.15) is 5.06 Å². The fraction of sp³-hybridized carbons (Fsp3) is 0.387. The first-order valence-electron chi connectivity index (χ1n) is 14.7. The third-order valence-electron chi connectivity index (χ3n) is 7.81. The highest BCUT2D eigenvalue weighted by Crippen LogP contribution is 2.44. The molecule has 0 saturated heterocycles. The molecule has 0 radical (unpaired) electrons. The molecule has 0 bridgehead atoms. The summed E-state index contributed by atoms with van der Waals surface area (Å²) in [5.74, 6) is -0.295. The number of carbonyl (C=O) groups is 2. The smallest absolute Gasteiger partial charge is 0.340 e. The molecule has 1 aliphatic heterocycles. The summed E-state index contributed by atoms with van der Waals surface area (Å²) in [7, 11) is 0. The Morgan fingerprint density at radius 2 is 1.84 bits per heavy atom. The topological polar surface area (TPSA) is 128 Å². The molecule has 43 heavy (non-hydrogen) atoms. The van der Waals surface area contributed by atoms with Crippen molar-refractivity contribution in [1.29, 1.82) is 0 Å². The van der Waals surface area contributed by atoms with Crippen molar-refractivity contribution in [2.45, 2.75) is 59.4 Å². The van der Waals surface area contributed by atoms with Crippen molar-refractivity contribution in [2.24, 2.45) is 5.92 Å². The summed E-state index contributed by atoms with van der Waals surface area (Å²) in [5, 5.41) is 15.8. The average molecular weight is 586 g/mol. The monoisotopic (exact) mass is 585 g/mol. The van der Waals surface area contributed by atoms with E-state index >= 15 is 0 Å². The van der Waals surface area contributed by atoms with Gasteiger partial charge in [-0.15, -0.1) is 5.10 Å². The van der Waals surface area contributed by atoms with Crippen molar-refractivity contribution in [1.82, 2.24) is 25.2 Å². The number of aromatic nitrogens is 5. The molecule has 1 N–H and O–H groups in total. The molecule has 1 aliphatic carbocycles. The van der Waals surface area contributed by atoms with Gasteiger partial charge in [-0.25, -0.2) is 14.7 Å². The molecule has 2 aliphatic rings. The van der Waals surface area contributed by atoms with Crippen molar-refractivity contribution in [3.63, 3.8) is 0 Å². The lowest BCUT2D eigenvalue weighted by Gasteiger charge is -2.31. The minimum Gasteiger partial charge on any atom is -0.462 e. The maximum atomic E-state index is 13.2. The third-order valence-corrected chi connectivity index (χ3v) is 7.81. The van der Waals surface area contributed by atoms with Crippen molar-refractivity contribution in [3.05, 3.63) is 71.4 Å². The van der Waals surface area contributed by atoms with E-state index in [1.54, 1.807) is 19.1 Å². The van der Waals surface area contributed by atoms with Crippen LogP contribution in [0, 0.1) is 12.8 Å². The first-order valence-corrected chi connectivity index (χ1v) is 14.7. The van der Waals surface area contributed by atoms with Crippen LogP contribution in [0.25, 0.3) is 17.2 Å². The van der Waals surface area contributed by atoms with Crippen LogP contribution in [0.4, 0.5) is 11.4 Å². The second kappa shape index (κ2) is 12.3. The number of esters is 1. The van der Waals surface area contributed by atoms with Gasteiger partial charge in [-0.3, -0.25) is 0 Å². The van der Waals surface area contributed by atoms with E-state index in [2.05, 4.69) is 20.6 Å². The van der Waals surface area contributed by atoms with E-state index in [0.717, 1.165) is 48.2 Å². The van der Waals surface area contributed by atoms with Crippen LogP contribution in [0.15, 0.2) is 54.7 Å². The Kier molecular flexibility index (Phi) is 8.10. The van der Waals surface area contributed by atoms with Crippen molar-refractivity contribution < 1.29 is 23.9 Å². The number of aromatic amines is 1. The quantitative estimate of drug-likeness (QED) is 0.256. The number of rotatable bonds is 10. The van der Waals surface area contributed by atoms with Crippen LogP contribution in [0.2, 0.25) is 0 Å². The number of tetrazole rings is 1. The molecule has 0 amide bonds. The predicted molar refractivity (Wildman–Crippen MR) is 158 cm³/mol. The number of hydrogen-bond donors (Lipinski definition) is 1. The summed E-state index contributed by atoms with van der Waals surface area (Å²) in [4.78, 5) is 34.3. The van der Waals surface area contributed by atoms with Gasteiger partial charge in [-0.1, -0.05) is 31.0 Å². The first kappa shape index (κ1) is 28.4. The number of para-hydroxylation sites is 1. The third kappa shape index (κ3) is 5.57. The average Bonchev–Trinajstić information content (AvgIpc) is 3.83. The molecule has 224 valence electrons. The number of hydrogen-bond acceptors (Lipinski definition) is 10. The van der Waals surface area contributed by atoms with E-state index in [9.17, 15) is 9.59 Å². The van der Waals surface area contributed by atoms with E-state index in [0.29, 0.717) is 35.9 Å². The number of aryl methyl sites for hydroxylation is 1. The summed E-state index contributed by atoms with van der Waals surface area (Å²) in [5.41, 5.74) is 5.39. The Hall–Kier alpha value is -4.71. The Labute approximate surface area is 249 Å². The molecule has 3 heterocycles. The van der Waals surface area contributed by atoms with E-state index in [1.807, 2.05) is 65.9 Å². The lowest BCUT2D eigenvalue weighted by molar-refractivity contribution is -0.155. The van der Waals surface area contributed by atoms with E-state index in [1.165, 1.54) is 5.06 Å². The second-order valence-corrected chi connectivity index (χ2v) is 10.7. The molecule has 0 spiro atoms. The Bertz CT molecular complexity index is 1580. The molecule has 1 unspecified atom stereocenters. The van der Waals surface area contributed by atoms with Gasteiger partial charge in [0.2, 0.25) is 6.35 Å². The number of carbonyl (C=O) groups excluding carboxylic acids is 2. The Morgan fingerprint density at radius 3 is 2.53 bits per heavy atom. The highest BCUT2D eigenvalue weighted by atomic mass is 16.7. The highest BCUT2D eigenvalue weighted by molar-refractivity contribution is 6.01. The van der Waals surface area contributed by atoms with E-state index < -0.39 is 12.3 Å². The molecule has 1 fully saturated rings. The molecule has 2 aromatic carbocycles. The molecular formula is C31H35N7O5. The largest absolute Gasteiger partial charge is 0.462 e. The first-order chi connectivity index (χ1) is 21.0. The zero-order chi connectivity index (χ0) is 29.9. The summed E-state index contributed by atoms with van der Waals surface area (Å²) >= 11 is 0.